The number of carbonyl (C=O) groups excluding carboxylic acids is 1. The van der Waals surface area contributed by atoms with Crippen molar-refractivity contribution >= 4 is 13.7 Å². The number of unbranched alkanes of at least 4 members (excludes halogenated alkanes) is 14. The van der Waals surface area contributed by atoms with Crippen LogP contribution in [0.5, 0.6) is 0 Å². The summed E-state index contributed by atoms with van der Waals surface area (Å²) in [4.78, 5) is 22.9. The largest absolute Gasteiger partial charge is 0.472 e. The predicted octanol–water partition coefficient (Wildman–Crippen LogP) is 8.79. The summed E-state index contributed by atoms with van der Waals surface area (Å²) in [6.07, 6.45) is 32.0. The van der Waals surface area contributed by atoms with Crippen molar-refractivity contribution in [2.75, 3.05) is 40.9 Å². The number of nitrogens with zero attached hydrogens (tertiary/aromatic N) is 1. The van der Waals surface area contributed by atoms with Crippen molar-refractivity contribution in [3.63, 3.8) is 0 Å². The third-order valence-corrected chi connectivity index (χ3v) is 8.57. The summed E-state index contributed by atoms with van der Waals surface area (Å²) in [5.41, 5.74) is 0. The maximum absolute atomic E-state index is 12.7. The minimum absolute atomic E-state index is 0.0576. The zero-order valence-corrected chi connectivity index (χ0v) is 30.5. The first-order valence-corrected chi connectivity index (χ1v) is 19.4. The van der Waals surface area contributed by atoms with E-state index in [1.807, 2.05) is 27.2 Å². The molecule has 0 aliphatic carbocycles. The summed E-state index contributed by atoms with van der Waals surface area (Å²) in [5.74, 6) is -0.197. The minimum atomic E-state index is -4.33. The highest BCUT2D eigenvalue weighted by atomic mass is 31.2. The molecule has 0 aliphatic rings. The molecule has 0 saturated carbocycles. The number of likely N-dealkylation sites (N-methyl/N-ethyl adjacent to an activating group) is 1. The van der Waals surface area contributed by atoms with Gasteiger partial charge in [0.05, 0.1) is 39.9 Å². The van der Waals surface area contributed by atoms with Crippen LogP contribution in [-0.2, 0) is 18.4 Å². The number of hydrogen-bond donors (Lipinski definition) is 3. The van der Waals surface area contributed by atoms with Gasteiger partial charge in [0.25, 0.3) is 0 Å². The molecule has 1 amide bonds. The Balaban J connectivity index is 4.61. The van der Waals surface area contributed by atoms with Gasteiger partial charge in [0, 0.05) is 6.42 Å². The van der Waals surface area contributed by atoms with Crippen LogP contribution < -0.4 is 5.32 Å². The topological polar surface area (TPSA) is 105 Å². The first-order valence-electron chi connectivity index (χ1n) is 17.9. The van der Waals surface area contributed by atoms with Gasteiger partial charge in [-0.25, -0.2) is 4.57 Å². The van der Waals surface area contributed by atoms with Crippen LogP contribution in [0.15, 0.2) is 36.5 Å². The van der Waals surface area contributed by atoms with Crippen molar-refractivity contribution in [2.24, 2.45) is 0 Å². The van der Waals surface area contributed by atoms with E-state index in [-0.39, 0.29) is 19.1 Å². The number of nitrogens with one attached hydrogen (secondary N) is 1. The van der Waals surface area contributed by atoms with Gasteiger partial charge in [0.15, 0.2) is 0 Å². The Morgan fingerprint density at radius 1 is 0.756 bits per heavy atom. The molecule has 3 atom stereocenters. The van der Waals surface area contributed by atoms with Crippen LogP contribution in [-0.4, -0.2) is 73.4 Å². The van der Waals surface area contributed by atoms with Gasteiger partial charge in [0.1, 0.15) is 13.2 Å². The summed E-state index contributed by atoms with van der Waals surface area (Å²) in [7, 11) is 1.55. The fraction of sp³-hybridized carbons (Fsp3) is 0.806. The highest BCUT2D eigenvalue weighted by Crippen LogP contribution is 2.43. The molecule has 264 valence electrons. The van der Waals surface area contributed by atoms with Crippen molar-refractivity contribution in [2.45, 2.75) is 148 Å². The summed E-state index contributed by atoms with van der Waals surface area (Å²) >= 11 is 0. The average molecular weight is 658 g/mol. The van der Waals surface area contributed by atoms with Crippen molar-refractivity contribution in [1.82, 2.24) is 5.32 Å². The predicted molar refractivity (Wildman–Crippen MR) is 189 cm³/mol. The molecule has 0 saturated heterocycles. The van der Waals surface area contributed by atoms with Gasteiger partial charge >= 0.3 is 7.82 Å². The molecule has 0 aromatic rings. The molecule has 0 spiro atoms. The van der Waals surface area contributed by atoms with Crippen molar-refractivity contribution in [1.29, 1.82) is 0 Å². The summed E-state index contributed by atoms with van der Waals surface area (Å²) in [6, 6.07) is -0.849. The molecular formula is C36H70N2O6P+. The van der Waals surface area contributed by atoms with Crippen LogP contribution in [0.25, 0.3) is 0 Å². The molecule has 0 bridgehead atoms. The number of phosphoric acid groups is 1. The number of aliphatic hydroxyl groups is 1. The lowest BCUT2D eigenvalue weighted by Gasteiger charge is -2.25. The molecule has 8 nitrogen and oxygen atoms in total. The second-order valence-electron chi connectivity index (χ2n) is 13.2. The maximum Gasteiger partial charge on any atom is 0.472 e. The molecular weight excluding hydrogens is 587 g/mol. The van der Waals surface area contributed by atoms with Gasteiger partial charge in [-0.1, -0.05) is 121 Å². The molecule has 0 rings (SSSR count). The fourth-order valence-electron chi connectivity index (χ4n) is 4.66. The SMILES string of the molecule is CCC/C=C\C/C=C\CCCCCCCC(=O)NC(COP(=O)(O)OCC[N+](C)(C)C)C(O)/C=C/CCCCCCCCCC. The molecule has 0 aromatic heterocycles. The smallest absolute Gasteiger partial charge is 0.387 e. The molecule has 0 heterocycles. The molecule has 3 unspecified atom stereocenters. The van der Waals surface area contributed by atoms with Gasteiger partial charge in [-0.2, -0.15) is 0 Å². The fourth-order valence-corrected chi connectivity index (χ4v) is 5.40. The standard InChI is InChI=1S/C36H69N2O6P/c1-6-8-10-12-14-16-18-19-20-22-24-26-28-30-36(40)37-34(33-44-45(41,42)43-32-31-38(3,4)5)35(39)29-27-25-23-21-17-15-13-11-9-7-2/h10,12,16,18,27,29,34-35,39H,6-9,11,13-15,17,19-26,28,30-33H2,1-5H3,(H-,37,40,41,42)/p+1/b12-10-,18-16-,29-27+. The van der Waals surface area contributed by atoms with Crippen LogP contribution in [0, 0.1) is 0 Å². The molecule has 45 heavy (non-hydrogen) atoms. The third-order valence-electron chi connectivity index (χ3n) is 7.59. The number of phosphoric ester groups is 1. The molecule has 0 aromatic carbocycles. The lowest BCUT2D eigenvalue weighted by molar-refractivity contribution is -0.870. The Morgan fingerprint density at radius 2 is 1.31 bits per heavy atom. The van der Waals surface area contributed by atoms with Crippen molar-refractivity contribution < 1.29 is 32.9 Å². The lowest BCUT2D eigenvalue weighted by Crippen LogP contribution is -2.45. The van der Waals surface area contributed by atoms with Crippen LogP contribution >= 0.6 is 7.82 Å². The van der Waals surface area contributed by atoms with Gasteiger partial charge in [-0.15, -0.1) is 0 Å². The number of rotatable bonds is 31. The highest BCUT2D eigenvalue weighted by Gasteiger charge is 2.27. The van der Waals surface area contributed by atoms with E-state index in [4.69, 9.17) is 9.05 Å². The first kappa shape index (κ1) is 43.7. The van der Waals surface area contributed by atoms with Crippen molar-refractivity contribution in [3.05, 3.63) is 36.5 Å². The summed E-state index contributed by atoms with van der Waals surface area (Å²) in [6.45, 7) is 4.68. The van der Waals surface area contributed by atoms with Gasteiger partial charge in [-0.05, 0) is 44.9 Å². The Labute approximate surface area is 276 Å². The molecule has 0 fully saturated rings. The quantitative estimate of drug-likeness (QED) is 0.0298. The van der Waals surface area contributed by atoms with Crippen LogP contribution in [0.4, 0.5) is 0 Å². The maximum atomic E-state index is 12.7. The van der Waals surface area contributed by atoms with E-state index in [0.29, 0.717) is 17.4 Å². The van der Waals surface area contributed by atoms with Crippen LogP contribution in [0.3, 0.4) is 0 Å². The van der Waals surface area contributed by atoms with Gasteiger partial charge in [0.2, 0.25) is 5.91 Å². The zero-order valence-electron chi connectivity index (χ0n) is 29.6. The number of carbonyl (C=O) groups is 1. The highest BCUT2D eigenvalue weighted by molar-refractivity contribution is 7.47. The first-order chi connectivity index (χ1) is 21.5. The van der Waals surface area contributed by atoms with E-state index >= 15 is 0 Å². The van der Waals surface area contributed by atoms with Gasteiger partial charge in [-0.3, -0.25) is 13.8 Å². The van der Waals surface area contributed by atoms with E-state index < -0.39 is 20.0 Å². The van der Waals surface area contributed by atoms with Gasteiger partial charge < -0.3 is 19.8 Å². The molecule has 9 heteroatoms. The Bertz CT molecular complexity index is 840. The number of amides is 1. The normalized spacial score (nSPS) is 15.3. The van der Waals surface area contributed by atoms with E-state index in [2.05, 4.69) is 43.5 Å². The molecule has 0 radical (unpaired) electrons. The van der Waals surface area contributed by atoms with Crippen LogP contribution in [0.1, 0.15) is 136 Å². The Kier molecular flexibility index (Phi) is 28.1. The van der Waals surface area contributed by atoms with E-state index in [0.717, 1.165) is 70.6 Å². The second kappa shape index (κ2) is 28.9. The second-order valence-corrected chi connectivity index (χ2v) is 14.7. The molecule has 0 aliphatic heterocycles. The number of hydrogen-bond acceptors (Lipinski definition) is 5. The number of quaternary nitrogens is 1. The molecule has 3 N–H and O–H groups in total. The average Bonchev–Trinajstić information content (AvgIpc) is 2.97. The monoisotopic (exact) mass is 657 g/mol. The van der Waals surface area contributed by atoms with E-state index in [1.165, 1.54) is 44.9 Å². The summed E-state index contributed by atoms with van der Waals surface area (Å²) < 4.78 is 23.4. The zero-order chi connectivity index (χ0) is 33.7. The van der Waals surface area contributed by atoms with Crippen LogP contribution in [0.2, 0.25) is 0 Å². The third kappa shape index (κ3) is 31.1. The summed E-state index contributed by atoms with van der Waals surface area (Å²) in [5, 5.41) is 13.7. The lowest BCUT2D eigenvalue weighted by atomic mass is 10.1. The Hall–Kier alpha value is -1.28. The van der Waals surface area contributed by atoms with Crippen molar-refractivity contribution in [3.8, 4) is 0 Å². The number of aliphatic hydroxyl groups excluding tert-OH is 1. The number of allylic oxidation sites excluding steroid dienone is 5. The Morgan fingerprint density at radius 3 is 1.91 bits per heavy atom. The minimum Gasteiger partial charge on any atom is -0.387 e. The van der Waals surface area contributed by atoms with E-state index in [9.17, 15) is 19.4 Å². The van der Waals surface area contributed by atoms with E-state index in [1.54, 1.807) is 6.08 Å².